The van der Waals surface area contributed by atoms with Crippen LogP contribution in [0.3, 0.4) is 0 Å². The lowest BCUT2D eigenvalue weighted by atomic mass is 9.97. The number of cyclic esters (lactones) is 1. The molecule has 1 aliphatic heterocycles. The zero-order valence-electron chi connectivity index (χ0n) is 15.5. The van der Waals surface area contributed by atoms with Crippen LogP contribution in [0.25, 0.3) is 0 Å². The molecule has 148 valence electrons. The monoisotopic (exact) mass is 392 g/mol. The molecule has 0 spiro atoms. The molecular formula is C20H19F3N2O3. The number of hydrogen-bond acceptors (Lipinski definition) is 4. The molecule has 1 amide bonds. The standard InChI is InChI=1S/C20H19F3N2O3/c1-18(2,3)25-17(27)19(15-7-5-4-6-14(15)16(26)28-19)24-13-10-8-12(9-11-13)20(21,22)23/h4-11,24H,1-3H3,(H,25,27). The van der Waals surface area contributed by atoms with Gasteiger partial charge in [-0.1, -0.05) is 18.2 Å². The number of hydrogen-bond donors (Lipinski definition) is 2. The lowest BCUT2D eigenvalue weighted by molar-refractivity contribution is -0.139. The van der Waals surface area contributed by atoms with Crippen molar-refractivity contribution < 1.29 is 27.5 Å². The number of nitrogens with one attached hydrogen (secondary N) is 2. The molecule has 0 aromatic heterocycles. The number of carbonyl (C=O) groups is 2. The predicted molar refractivity (Wildman–Crippen MR) is 96.5 cm³/mol. The van der Waals surface area contributed by atoms with Gasteiger partial charge in [0.15, 0.2) is 0 Å². The molecule has 0 aliphatic carbocycles. The Bertz CT molecular complexity index is 918. The Morgan fingerprint density at radius 3 is 2.18 bits per heavy atom. The van der Waals surface area contributed by atoms with Gasteiger partial charge >= 0.3 is 12.1 Å². The van der Waals surface area contributed by atoms with Crippen LogP contribution in [0.15, 0.2) is 48.5 Å². The van der Waals surface area contributed by atoms with Crippen LogP contribution in [0.4, 0.5) is 18.9 Å². The van der Waals surface area contributed by atoms with Gasteiger partial charge in [0.1, 0.15) is 0 Å². The summed E-state index contributed by atoms with van der Waals surface area (Å²) in [6.45, 7) is 5.29. The van der Waals surface area contributed by atoms with Crippen molar-refractivity contribution in [3.05, 3.63) is 65.2 Å². The molecule has 2 N–H and O–H groups in total. The van der Waals surface area contributed by atoms with Gasteiger partial charge in [0.25, 0.3) is 11.6 Å². The van der Waals surface area contributed by atoms with Gasteiger partial charge in [0.05, 0.1) is 11.1 Å². The van der Waals surface area contributed by atoms with E-state index in [1.54, 1.807) is 39.0 Å². The summed E-state index contributed by atoms with van der Waals surface area (Å²) in [6.07, 6.45) is -4.48. The van der Waals surface area contributed by atoms with Gasteiger partial charge in [-0.25, -0.2) is 4.79 Å². The summed E-state index contributed by atoms with van der Waals surface area (Å²) in [6, 6.07) is 10.5. The van der Waals surface area contributed by atoms with Gasteiger partial charge in [-0.2, -0.15) is 13.2 Å². The molecule has 3 rings (SSSR count). The highest BCUT2D eigenvalue weighted by atomic mass is 19.4. The number of benzene rings is 2. The number of carbonyl (C=O) groups excluding carboxylic acids is 2. The van der Waals surface area contributed by atoms with E-state index in [1.165, 1.54) is 18.2 Å². The molecule has 8 heteroatoms. The summed E-state index contributed by atoms with van der Waals surface area (Å²) in [7, 11) is 0. The molecule has 0 fully saturated rings. The van der Waals surface area contributed by atoms with Crippen LogP contribution in [0.5, 0.6) is 0 Å². The number of fused-ring (bicyclic) bond motifs is 1. The molecule has 28 heavy (non-hydrogen) atoms. The van der Waals surface area contributed by atoms with E-state index in [9.17, 15) is 22.8 Å². The van der Waals surface area contributed by atoms with Gasteiger partial charge in [0, 0.05) is 16.8 Å². The van der Waals surface area contributed by atoms with E-state index in [4.69, 9.17) is 4.74 Å². The lowest BCUT2D eigenvalue weighted by Gasteiger charge is -2.33. The second kappa shape index (κ2) is 6.54. The van der Waals surface area contributed by atoms with Crippen LogP contribution in [0.1, 0.15) is 42.3 Å². The van der Waals surface area contributed by atoms with Gasteiger partial charge in [0.2, 0.25) is 0 Å². The topological polar surface area (TPSA) is 67.4 Å². The first-order chi connectivity index (χ1) is 12.9. The number of esters is 1. The van der Waals surface area contributed by atoms with Crippen LogP contribution in [0.2, 0.25) is 0 Å². The molecule has 0 saturated carbocycles. The molecule has 2 aromatic rings. The van der Waals surface area contributed by atoms with Crippen LogP contribution in [-0.4, -0.2) is 17.4 Å². The second-order valence-corrected chi connectivity index (χ2v) is 7.52. The van der Waals surface area contributed by atoms with Crippen molar-refractivity contribution in [3.8, 4) is 0 Å². The third kappa shape index (κ3) is 3.67. The fraction of sp³-hybridized carbons (Fsp3) is 0.300. The van der Waals surface area contributed by atoms with Crippen molar-refractivity contribution in [3.63, 3.8) is 0 Å². The maximum atomic E-state index is 13.1. The first kappa shape index (κ1) is 19.7. The fourth-order valence-electron chi connectivity index (χ4n) is 2.91. The average Bonchev–Trinajstić information content (AvgIpc) is 2.87. The molecule has 1 atom stereocenters. The van der Waals surface area contributed by atoms with Crippen molar-refractivity contribution in [2.45, 2.75) is 38.2 Å². The van der Waals surface area contributed by atoms with Crippen LogP contribution in [-0.2, 0) is 21.4 Å². The van der Waals surface area contributed by atoms with Crippen LogP contribution >= 0.6 is 0 Å². The number of halogens is 3. The maximum absolute atomic E-state index is 13.1. The predicted octanol–water partition coefficient (Wildman–Crippen LogP) is 4.06. The van der Waals surface area contributed by atoms with E-state index < -0.39 is 34.9 Å². The Morgan fingerprint density at radius 2 is 1.61 bits per heavy atom. The Balaban J connectivity index is 2.04. The fourth-order valence-corrected chi connectivity index (χ4v) is 2.91. The zero-order chi connectivity index (χ0) is 20.7. The minimum absolute atomic E-state index is 0.196. The molecule has 1 aliphatic rings. The minimum Gasteiger partial charge on any atom is -0.421 e. The quantitative estimate of drug-likeness (QED) is 0.774. The molecule has 5 nitrogen and oxygen atoms in total. The third-order valence-electron chi connectivity index (χ3n) is 4.11. The minimum atomic E-state index is -4.48. The lowest BCUT2D eigenvalue weighted by Crippen LogP contribution is -2.55. The highest BCUT2D eigenvalue weighted by Gasteiger charge is 2.52. The molecule has 0 radical (unpaired) electrons. The van der Waals surface area contributed by atoms with Crippen molar-refractivity contribution in [2.75, 3.05) is 5.32 Å². The summed E-state index contributed by atoms with van der Waals surface area (Å²) >= 11 is 0. The van der Waals surface area contributed by atoms with E-state index in [-0.39, 0.29) is 11.3 Å². The van der Waals surface area contributed by atoms with Crippen LogP contribution in [0, 0.1) is 0 Å². The largest absolute Gasteiger partial charge is 0.421 e. The van der Waals surface area contributed by atoms with Crippen molar-refractivity contribution >= 4 is 17.6 Å². The van der Waals surface area contributed by atoms with E-state index in [0.717, 1.165) is 12.1 Å². The van der Waals surface area contributed by atoms with E-state index in [2.05, 4.69) is 10.6 Å². The first-order valence-corrected chi connectivity index (χ1v) is 8.53. The normalized spacial score (nSPS) is 19.0. The molecule has 0 saturated heterocycles. The summed E-state index contributed by atoms with van der Waals surface area (Å²) < 4.78 is 43.9. The van der Waals surface area contributed by atoms with E-state index >= 15 is 0 Å². The highest BCUT2D eigenvalue weighted by Crippen LogP contribution is 2.38. The Kier molecular flexibility index (Phi) is 4.61. The maximum Gasteiger partial charge on any atom is 0.416 e. The number of alkyl halides is 3. The summed E-state index contributed by atoms with van der Waals surface area (Å²) in [5, 5.41) is 5.58. The molecule has 0 bridgehead atoms. The smallest absolute Gasteiger partial charge is 0.416 e. The molecule has 1 heterocycles. The van der Waals surface area contributed by atoms with Gasteiger partial charge in [-0.05, 0) is 51.1 Å². The highest BCUT2D eigenvalue weighted by molar-refractivity contribution is 6.03. The Hall–Kier alpha value is -3.03. The van der Waals surface area contributed by atoms with Crippen LogP contribution < -0.4 is 10.6 Å². The summed E-state index contributed by atoms with van der Waals surface area (Å²) in [5.74, 6) is -1.32. The Morgan fingerprint density at radius 1 is 1.00 bits per heavy atom. The van der Waals surface area contributed by atoms with Gasteiger partial charge < -0.3 is 15.4 Å². The van der Waals surface area contributed by atoms with Crippen molar-refractivity contribution in [2.24, 2.45) is 0 Å². The molecule has 2 aromatic carbocycles. The number of anilines is 1. The van der Waals surface area contributed by atoms with E-state index in [1.807, 2.05) is 0 Å². The van der Waals surface area contributed by atoms with Gasteiger partial charge in [-0.3, -0.25) is 4.79 Å². The average molecular weight is 392 g/mol. The second-order valence-electron chi connectivity index (χ2n) is 7.52. The summed E-state index contributed by atoms with van der Waals surface area (Å²) in [5.41, 5.74) is -2.64. The number of rotatable bonds is 3. The Labute approximate surface area is 159 Å². The number of amides is 1. The van der Waals surface area contributed by atoms with Gasteiger partial charge in [-0.15, -0.1) is 0 Å². The van der Waals surface area contributed by atoms with Crippen molar-refractivity contribution in [1.29, 1.82) is 0 Å². The summed E-state index contributed by atoms with van der Waals surface area (Å²) in [4.78, 5) is 25.4. The molecule has 1 unspecified atom stereocenters. The third-order valence-corrected chi connectivity index (χ3v) is 4.11. The molecular weight excluding hydrogens is 373 g/mol. The zero-order valence-corrected chi connectivity index (χ0v) is 15.5. The first-order valence-electron chi connectivity index (χ1n) is 8.53. The number of ether oxygens (including phenoxy) is 1. The van der Waals surface area contributed by atoms with Crippen molar-refractivity contribution in [1.82, 2.24) is 5.32 Å². The SMILES string of the molecule is CC(C)(C)NC(=O)C1(Nc2ccc(C(F)(F)F)cc2)OC(=O)c2ccccc21. The van der Waals surface area contributed by atoms with E-state index in [0.29, 0.717) is 5.56 Å².